The van der Waals surface area contributed by atoms with E-state index in [9.17, 15) is 9.59 Å². The first-order valence-electron chi connectivity index (χ1n) is 14.8. The van der Waals surface area contributed by atoms with Gasteiger partial charge in [0.25, 0.3) is 8.32 Å². The molecular weight excluding hydrogens is 558 g/mol. The molecule has 1 aliphatic heterocycles. The van der Waals surface area contributed by atoms with E-state index in [1.807, 2.05) is 81.4 Å². The maximum absolute atomic E-state index is 13.9. The number of ether oxygens (including phenoxy) is 3. The van der Waals surface area contributed by atoms with Crippen LogP contribution in [-0.4, -0.2) is 63.3 Å². The number of likely N-dealkylation sites (tertiary alicyclic amines) is 1. The van der Waals surface area contributed by atoms with Gasteiger partial charge in [0.15, 0.2) is 0 Å². The summed E-state index contributed by atoms with van der Waals surface area (Å²) in [6.07, 6.45) is -0.532. The Labute approximate surface area is 257 Å². The smallest absolute Gasteiger partial charge is 0.411 e. The van der Waals surface area contributed by atoms with Crippen molar-refractivity contribution in [3.05, 3.63) is 90.5 Å². The van der Waals surface area contributed by atoms with Crippen molar-refractivity contribution in [1.29, 1.82) is 0 Å². The summed E-state index contributed by atoms with van der Waals surface area (Å²) in [6, 6.07) is 28.2. The number of hydrogen-bond donors (Lipinski definition) is 0. The van der Waals surface area contributed by atoms with Crippen LogP contribution in [-0.2, 0) is 25.1 Å². The normalized spacial score (nSPS) is 19.2. The van der Waals surface area contributed by atoms with E-state index in [0.29, 0.717) is 5.75 Å². The van der Waals surface area contributed by atoms with E-state index < -0.39 is 37.6 Å². The second-order valence-corrected chi connectivity index (χ2v) is 17.5. The van der Waals surface area contributed by atoms with Gasteiger partial charge in [-0.15, -0.1) is 0 Å². The van der Waals surface area contributed by atoms with Crippen LogP contribution in [0.3, 0.4) is 0 Å². The molecule has 230 valence electrons. The Balaban J connectivity index is 1.85. The Bertz CT molecular complexity index is 1340. The van der Waals surface area contributed by atoms with Crippen molar-refractivity contribution in [2.45, 2.75) is 76.7 Å². The van der Waals surface area contributed by atoms with Gasteiger partial charge in [-0.05, 0) is 53.9 Å². The van der Waals surface area contributed by atoms with Crippen LogP contribution in [0.4, 0.5) is 4.79 Å². The number of hydrogen-bond acceptors (Lipinski definition) is 6. The summed E-state index contributed by atoms with van der Waals surface area (Å²) >= 11 is 0. The van der Waals surface area contributed by atoms with E-state index in [1.54, 1.807) is 7.11 Å². The summed E-state index contributed by atoms with van der Waals surface area (Å²) < 4.78 is 24.1. The van der Waals surface area contributed by atoms with Gasteiger partial charge in [-0.1, -0.05) is 93.6 Å². The van der Waals surface area contributed by atoms with Gasteiger partial charge in [-0.3, -0.25) is 4.90 Å². The first-order chi connectivity index (χ1) is 20.3. The summed E-state index contributed by atoms with van der Waals surface area (Å²) in [6.45, 7) is 12.3. The zero-order valence-electron chi connectivity index (χ0n) is 26.7. The molecular formula is C35H45NO6Si. The van der Waals surface area contributed by atoms with Crippen molar-refractivity contribution in [2.24, 2.45) is 0 Å². The van der Waals surface area contributed by atoms with Crippen LogP contribution in [0.15, 0.2) is 84.9 Å². The summed E-state index contributed by atoms with van der Waals surface area (Å²) in [5.41, 5.74) is -1.22. The van der Waals surface area contributed by atoms with Gasteiger partial charge in [0, 0.05) is 12.8 Å². The van der Waals surface area contributed by atoms with E-state index in [1.165, 1.54) is 12.0 Å². The van der Waals surface area contributed by atoms with Crippen LogP contribution in [0.1, 0.15) is 53.5 Å². The van der Waals surface area contributed by atoms with Crippen LogP contribution in [0, 0.1) is 0 Å². The molecule has 4 rings (SSSR count). The fraction of sp³-hybridized carbons (Fsp3) is 0.429. The van der Waals surface area contributed by atoms with Gasteiger partial charge in [-0.25, -0.2) is 9.59 Å². The number of rotatable bonds is 8. The number of carbonyl (C=O) groups is 2. The molecule has 1 amide bonds. The summed E-state index contributed by atoms with van der Waals surface area (Å²) in [5, 5.41) is 1.98. The summed E-state index contributed by atoms with van der Waals surface area (Å²) in [4.78, 5) is 29.3. The van der Waals surface area contributed by atoms with E-state index in [0.717, 1.165) is 15.9 Å². The minimum Gasteiger partial charge on any atom is -0.497 e. The molecule has 7 nitrogen and oxygen atoms in total. The monoisotopic (exact) mass is 603 g/mol. The van der Waals surface area contributed by atoms with E-state index >= 15 is 0 Å². The number of methoxy groups -OCH3 is 2. The zero-order valence-corrected chi connectivity index (χ0v) is 27.7. The third kappa shape index (κ3) is 6.65. The number of esters is 1. The first-order valence-corrected chi connectivity index (χ1v) is 16.7. The zero-order chi connectivity index (χ0) is 31.5. The lowest BCUT2D eigenvalue weighted by atomic mass is 9.87. The van der Waals surface area contributed by atoms with Gasteiger partial charge >= 0.3 is 12.1 Å². The highest BCUT2D eigenvalue weighted by Gasteiger charge is 2.59. The van der Waals surface area contributed by atoms with Gasteiger partial charge < -0.3 is 18.6 Å². The molecule has 3 aromatic carbocycles. The van der Waals surface area contributed by atoms with Crippen molar-refractivity contribution in [1.82, 2.24) is 4.90 Å². The second-order valence-electron chi connectivity index (χ2n) is 13.2. The molecule has 0 aliphatic carbocycles. The van der Waals surface area contributed by atoms with Crippen molar-refractivity contribution < 1.29 is 28.2 Å². The molecule has 1 aliphatic rings. The highest BCUT2D eigenvalue weighted by Crippen LogP contribution is 2.42. The van der Waals surface area contributed by atoms with Crippen molar-refractivity contribution in [3.63, 3.8) is 0 Å². The van der Waals surface area contributed by atoms with Crippen LogP contribution in [0.5, 0.6) is 5.75 Å². The number of benzene rings is 3. The molecule has 0 radical (unpaired) electrons. The van der Waals surface area contributed by atoms with Crippen molar-refractivity contribution in [2.75, 3.05) is 20.8 Å². The molecule has 1 heterocycles. The molecule has 1 fully saturated rings. The van der Waals surface area contributed by atoms with Crippen LogP contribution in [0.25, 0.3) is 0 Å². The minimum atomic E-state index is -2.98. The number of nitrogens with zero attached hydrogens (tertiary/aromatic N) is 1. The minimum absolute atomic E-state index is 0.185. The molecule has 0 spiro atoms. The largest absolute Gasteiger partial charge is 0.497 e. The molecule has 0 bridgehead atoms. The fourth-order valence-electron chi connectivity index (χ4n) is 6.22. The summed E-state index contributed by atoms with van der Waals surface area (Å²) in [5.74, 6) is 0.210. The fourth-order valence-corrected chi connectivity index (χ4v) is 10.9. The predicted octanol–water partition coefficient (Wildman–Crippen LogP) is 5.74. The van der Waals surface area contributed by atoms with Gasteiger partial charge in [-0.2, -0.15) is 0 Å². The third-order valence-corrected chi connectivity index (χ3v) is 13.2. The van der Waals surface area contributed by atoms with Crippen LogP contribution < -0.4 is 15.1 Å². The molecule has 8 heteroatoms. The van der Waals surface area contributed by atoms with Crippen LogP contribution >= 0.6 is 0 Å². The standard InChI is InChI=1S/C35H45NO6Si/c1-33(2,3)41-32(38)36-25-28(24-35(36,31(37)40-8)23-26-19-21-27(39-7)22-20-26)42-43(34(4,5)6,29-15-11-9-12-16-29)30-17-13-10-14-18-30/h9-22,28H,23-25H2,1-8H3/t28-,35+/m1/s1. The quantitative estimate of drug-likeness (QED) is 0.242. The Morgan fingerprint density at radius 2 is 1.37 bits per heavy atom. The highest BCUT2D eigenvalue weighted by atomic mass is 28.4. The van der Waals surface area contributed by atoms with Crippen molar-refractivity contribution in [3.8, 4) is 5.75 Å². The van der Waals surface area contributed by atoms with Crippen molar-refractivity contribution >= 4 is 30.8 Å². The topological polar surface area (TPSA) is 74.3 Å². The first kappa shape index (κ1) is 32.3. The average molecular weight is 604 g/mol. The SMILES string of the molecule is COC(=O)[C@]1(Cc2ccc(OC)cc2)C[C@@H](O[Si](c2ccccc2)(c2ccccc2)C(C)(C)C)CN1C(=O)OC(C)(C)C. The molecule has 0 saturated carbocycles. The molecule has 43 heavy (non-hydrogen) atoms. The lowest BCUT2D eigenvalue weighted by molar-refractivity contribution is -0.153. The Kier molecular flexibility index (Phi) is 9.42. The number of amides is 1. The van der Waals surface area contributed by atoms with Crippen LogP contribution in [0.2, 0.25) is 5.04 Å². The van der Waals surface area contributed by atoms with Gasteiger partial charge in [0.2, 0.25) is 0 Å². The predicted molar refractivity (Wildman–Crippen MR) is 171 cm³/mol. The molecule has 0 N–H and O–H groups in total. The maximum atomic E-state index is 13.9. The number of carbonyl (C=O) groups excluding carboxylic acids is 2. The lowest BCUT2D eigenvalue weighted by Gasteiger charge is -2.44. The lowest BCUT2D eigenvalue weighted by Crippen LogP contribution is -2.67. The average Bonchev–Trinajstić information content (AvgIpc) is 3.34. The maximum Gasteiger partial charge on any atom is 0.411 e. The molecule has 0 aromatic heterocycles. The van der Waals surface area contributed by atoms with E-state index in [4.69, 9.17) is 18.6 Å². The Hall–Kier alpha value is -3.62. The van der Waals surface area contributed by atoms with Gasteiger partial charge in [0.05, 0.1) is 26.9 Å². The van der Waals surface area contributed by atoms with E-state index in [-0.39, 0.29) is 24.4 Å². The Morgan fingerprint density at radius 3 is 1.81 bits per heavy atom. The molecule has 0 unspecified atom stereocenters. The summed E-state index contributed by atoms with van der Waals surface area (Å²) in [7, 11) is -0.0120. The molecule has 2 atom stereocenters. The third-order valence-electron chi connectivity index (χ3n) is 8.06. The molecule has 1 saturated heterocycles. The highest BCUT2D eigenvalue weighted by molar-refractivity contribution is 6.99. The Morgan fingerprint density at radius 1 is 0.837 bits per heavy atom. The van der Waals surface area contributed by atoms with Gasteiger partial charge in [0.1, 0.15) is 16.9 Å². The molecule has 3 aromatic rings. The second kappa shape index (κ2) is 12.5. The van der Waals surface area contributed by atoms with E-state index in [2.05, 4.69) is 45.0 Å².